The number of piperidine rings is 1. The maximum absolute atomic E-state index is 12.9. The molecule has 0 radical (unpaired) electrons. The molecule has 1 spiro atoms. The zero-order valence-corrected chi connectivity index (χ0v) is 17.3. The smallest absolute Gasteiger partial charge is 0.243 e. The first-order chi connectivity index (χ1) is 13.5. The standard InChI is InChI=1S/C21H24N2O3S2/c24-20-17-27-21(23(20)14-11-18-7-3-1-4-8-18)12-15-22(16-13-21)28(25,26)19-9-5-2-6-10-19/h1-10H,11-17H2. The topological polar surface area (TPSA) is 57.7 Å². The Morgan fingerprint density at radius 2 is 1.54 bits per heavy atom. The summed E-state index contributed by atoms with van der Waals surface area (Å²) in [5, 5.41) is 0. The van der Waals surface area contributed by atoms with Gasteiger partial charge in [0.05, 0.1) is 15.5 Å². The van der Waals surface area contributed by atoms with E-state index in [1.807, 2.05) is 29.2 Å². The number of hydrogen-bond acceptors (Lipinski definition) is 4. The van der Waals surface area contributed by atoms with Crippen LogP contribution in [0.15, 0.2) is 65.6 Å². The normalized spacial score (nSPS) is 20.0. The highest BCUT2D eigenvalue weighted by atomic mass is 32.2. The van der Waals surface area contributed by atoms with Crippen molar-refractivity contribution >= 4 is 27.7 Å². The molecule has 0 bridgehead atoms. The molecular formula is C21H24N2O3S2. The number of rotatable bonds is 5. The molecule has 0 unspecified atom stereocenters. The lowest BCUT2D eigenvalue weighted by atomic mass is 10.0. The molecule has 0 saturated carbocycles. The number of hydrogen-bond donors (Lipinski definition) is 0. The van der Waals surface area contributed by atoms with Crippen LogP contribution in [-0.2, 0) is 21.2 Å². The Bertz CT molecular complexity index is 925. The van der Waals surface area contributed by atoms with Crippen molar-refractivity contribution in [1.82, 2.24) is 9.21 Å². The minimum Gasteiger partial charge on any atom is -0.327 e. The summed E-state index contributed by atoms with van der Waals surface area (Å²) in [4.78, 5) is 14.6. The van der Waals surface area contributed by atoms with E-state index in [-0.39, 0.29) is 10.8 Å². The van der Waals surface area contributed by atoms with Gasteiger partial charge in [-0.25, -0.2) is 8.42 Å². The highest BCUT2D eigenvalue weighted by Crippen LogP contribution is 2.45. The molecule has 2 heterocycles. The molecule has 1 amide bonds. The molecule has 7 heteroatoms. The summed E-state index contributed by atoms with van der Waals surface area (Å²) in [5.41, 5.74) is 1.21. The third-order valence-corrected chi connectivity index (χ3v) is 9.08. The van der Waals surface area contributed by atoms with E-state index in [0.717, 1.165) is 6.42 Å². The molecule has 0 aromatic heterocycles. The molecule has 0 N–H and O–H groups in total. The quantitative estimate of drug-likeness (QED) is 0.752. The van der Waals surface area contributed by atoms with Gasteiger partial charge in [0, 0.05) is 19.6 Å². The van der Waals surface area contributed by atoms with Gasteiger partial charge in [-0.15, -0.1) is 11.8 Å². The minimum absolute atomic E-state index is 0.167. The van der Waals surface area contributed by atoms with Crippen LogP contribution in [0.25, 0.3) is 0 Å². The van der Waals surface area contributed by atoms with Gasteiger partial charge in [0.2, 0.25) is 15.9 Å². The van der Waals surface area contributed by atoms with Crippen LogP contribution >= 0.6 is 11.8 Å². The second kappa shape index (κ2) is 7.89. The zero-order chi connectivity index (χ0) is 19.6. The van der Waals surface area contributed by atoms with Gasteiger partial charge in [-0.1, -0.05) is 48.5 Å². The van der Waals surface area contributed by atoms with Crippen molar-refractivity contribution in [3.63, 3.8) is 0 Å². The molecule has 2 fully saturated rings. The predicted molar refractivity (Wildman–Crippen MR) is 111 cm³/mol. The van der Waals surface area contributed by atoms with E-state index in [4.69, 9.17) is 0 Å². The SMILES string of the molecule is O=C1CSC2(CCN(S(=O)(=O)c3ccccc3)CC2)N1CCc1ccccc1. The Hall–Kier alpha value is -1.83. The average Bonchev–Trinajstić information content (AvgIpc) is 3.03. The number of sulfonamides is 1. The Kier molecular flexibility index (Phi) is 5.49. The number of amides is 1. The minimum atomic E-state index is -3.47. The molecule has 5 nitrogen and oxygen atoms in total. The Morgan fingerprint density at radius 1 is 0.929 bits per heavy atom. The largest absolute Gasteiger partial charge is 0.327 e. The second-order valence-electron chi connectivity index (χ2n) is 7.23. The van der Waals surface area contributed by atoms with Crippen molar-refractivity contribution in [2.24, 2.45) is 0 Å². The molecule has 2 aliphatic heterocycles. The molecule has 4 rings (SSSR count). The summed E-state index contributed by atoms with van der Waals surface area (Å²) >= 11 is 1.68. The maximum Gasteiger partial charge on any atom is 0.243 e. The van der Waals surface area contributed by atoms with Gasteiger partial charge in [-0.2, -0.15) is 4.31 Å². The molecule has 2 saturated heterocycles. The molecule has 2 aromatic rings. The van der Waals surface area contributed by atoms with Gasteiger partial charge >= 0.3 is 0 Å². The molecule has 0 atom stereocenters. The van der Waals surface area contributed by atoms with Crippen molar-refractivity contribution in [2.45, 2.75) is 29.0 Å². The van der Waals surface area contributed by atoms with Crippen molar-refractivity contribution < 1.29 is 13.2 Å². The molecule has 148 valence electrons. The first kappa shape index (κ1) is 19.5. The molecular weight excluding hydrogens is 392 g/mol. The third kappa shape index (κ3) is 3.71. The summed E-state index contributed by atoms with van der Waals surface area (Å²) < 4.78 is 27.3. The molecule has 28 heavy (non-hydrogen) atoms. The Labute approximate surface area is 170 Å². The van der Waals surface area contributed by atoms with Gasteiger partial charge in [-0.3, -0.25) is 4.79 Å². The zero-order valence-electron chi connectivity index (χ0n) is 15.7. The Morgan fingerprint density at radius 3 is 2.18 bits per heavy atom. The van der Waals surface area contributed by atoms with Gasteiger partial charge < -0.3 is 4.90 Å². The van der Waals surface area contributed by atoms with E-state index in [9.17, 15) is 13.2 Å². The average molecular weight is 417 g/mol. The van der Waals surface area contributed by atoms with E-state index < -0.39 is 10.0 Å². The van der Waals surface area contributed by atoms with Gasteiger partial charge in [0.25, 0.3) is 0 Å². The number of carbonyl (C=O) groups is 1. The van der Waals surface area contributed by atoms with Crippen LogP contribution in [0, 0.1) is 0 Å². The summed E-state index contributed by atoms with van der Waals surface area (Å²) in [6, 6.07) is 18.8. The number of benzene rings is 2. The van der Waals surface area contributed by atoms with E-state index in [1.165, 1.54) is 5.56 Å². The lowest BCUT2D eigenvalue weighted by molar-refractivity contribution is -0.130. The van der Waals surface area contributed by atoms with E-state index in [0.29, 0.717) is 43.1 Å². The second-order valence-corrected chi connectivity index (χ2v) is 10.5. The first-order valence-electron chi connectivity index (χ1n) is 9.55. The van der Waals surface area contributed by atoms with Crippen LogP contribution in [0.1, 0.15) is 18.4 Å². The van der Waals surface area contributed by atoms with Gasteiger partial charge in [0.1, 0.15) is 0 Å². The number of nitrogens with zero attached hydrogens (tertiary/aromatic N) is 2. The van der Waals surface area contributed by atoms with Crippen LogP contribution < -0.4 is 0 Å². The van der Waals surface area contributed by atoms with E-state index in [2.05, 4.69) is 12.1 Å². The van der Waals surface area contributed by atoms with Crippen molar-refractivity contribution in [2.75, 3.05) is 25.4 Å². The Balaban J connectivity index is 1.45. The monoisotopic (exact) mass is 416 g/mol. The summed E-state index contributed by atoms with van der Waals surface area (Å²) in [6.07, 6.45) is 2.16. The summed E-state index contributed by atoms with van der Waals surface area (Å²) in [5.74, 6) is 0.653. The highest BCUT2D eigenvalue weighted by molar-refractivity contribution is 8.01. The number of carbonyl (C=O) groups excluding carboxylic acids is 1. The highest BCUT2D eigenvalue weighted by Gasteiger charge is 2.48. The fraction of sp³-hybridized carbons (Fsp3) is 0.381. The fourth-order valence-corrected chi connectivity index (χ4v) is 6.86. The van der Waals surface area contributed by atoms with Crippen molar-refractivity contribution in [3.8, 4) is 0 Å². The van der Waals surface area contributed by atoms with Crippen molar-refractivity contribution in [1.29, 1.82) is 0 Å². The van der Waals surface area contributed by atoms with Crippen LogP contribution in [-0.4, -0.2) is 53.8 Å². The fourth-order valence-electron chi connectivity index (χ4n) is 4.02. The van der Waals surface area contributed by atoms with E-state index in [1.54, 1.807) is 40.3 Å². The molecule has 0 aliphatic carbocycles. The molecule has 2 aromatic carbocycles. The maximum atomic E-state index is 12.9. The van der Waals surface area contributed by atoms with E-state index >= 15 is 0 Å². The van der Waals surface area contributed by atoms with Gasteiger partial charge in [0.15, 0.2) is 0 Å². The third-order valence-electron chi connectivity index (χ3n) is 5.61. The number of thioether (sulfide) groups is 1. The van der Waals surface area contributed by atoms with Crippen LogP contribution in [0.4, 0.5) is 0 Å². The van der Waals surface area contributed by atoms with Crippen molar-refractivity contribution in [3.05, 3.63) is 66.2 Å². The lowest BCUT2D eigenvalue weighted by Crippen LogP contribution is -2.53. The summed E-state index contributed by atoms with van der Waals surface area (Å²) in [6.45, 7) is 1.57. The van der Waals surface area contributed by atoms with Crippen LogP contribution in [0.5, 0.6) is 0 Å². The lowest BCUT2D eigenvalue weighted by Gasteiger charge is -2.43. The molecule has 2 aliphatic rings. The van der Waals surface area contributed by atoms with Crippen LogP contribution in [0.2, 0.25) is 0 Å². The van der Waals surface area contributed by atoms with Crippen LogP contribution in [0.3, 0.4) is 0 Å². The summed E-state index contributed by atoms with van der Waals surface area (Å²) in [7, 11) is -3.47. The van der Waals surface area contributed by atoms with Gasteiger partial charge in [-0.05, 0) is 37.0 Å². The first-order valence-corrected chi connectivity index (χ1v) is 12.0. The predicted octanol–water partition coefficient (Wildman–Crippen LogP) is 2.99.